The number of nitrogens with one attached hydrogen (secondary N) is 1. The highest BCUT2D eigenvalue weighted by Crippen LogP contribution is 2.39. The zero-order valence-corrected chi connectivity index (χ0v) is 49.1. The van der Waals surface area contributed by atoms with Crippen LogP contribution < -0.4 is 10.1 Å². The maximum absolute atomic E-state index is 15.0. The Bertz CT molecular complexity index is 3820. The molecule has 35 heteroatoms. The van der Waals surface area contributed by atoms with E-state index in [1.807, 2.05) is 0 Å². The van der Waals surface area contributed by atoms with Crippen molar-refractivity contribution in [3.05, 3.63) is 217 Å². The van der Waals surface area contributed by atoms with Gasteiger partial charge in [-0.2, -0.15) is 12.9 Å². The van der Waals surface area contributed by atoms with E-state index in [-0.39, 0.29) is 20.7 Å². The number of rotatable bonds is 31. The van der Waals surface area contributed by atoms with Crippen molar-refractivity contribution in [1.29, 1.82) is 0 Å². The second kappa shape index (κ2) is 29.6. The lowest BCUT2D eigenvalue weighted by molar-refractivity contribution is -0.396. The van der Waals surface area contributed by atoms with Crippen molar-refractivity contribution in [3.63, 3.8) is 0 Å². The van der Waals surface area contributed by atoms with Crippen LogP contribution in [0.4, 0.5) is 34.1 Å². The molecule has 464 valence electrons. The van der Waals surface area contributed by atoms with E-state index < -0.39 is 166 Å². The van der Waals surface area contributed by atoms with Gasteiger partial charge in [0.25, 0.3) is 34.1 Å². The molecule has 0 aliphatic carbocycles. The number of nitro groups is 6. The molecule has 0 saturated carbocycles. The van der Waals surface area contributed by atoms with E-state index in [1.54, 1.807) is 84.9 Å². The quantitative estimate of drug-likeness (QED) is 0.0265. The van der Waals surface area contributed by atoms with Gasteiger partial charge in [-0.25, -0.2) is 25.3 Å². The molecule has 0 radical (unpaired) electrons. The van der Waals surface area contributed by atoms with Gasteiger partial charge in [0.05, 0.1) is 60.4 Å². The van der Waals surface area contributed by atoms with Gasteiger partial charge in [0, 0.05) is 57.5 Å². The summed E-state index contributed by atoms with van der Waals surface area (Å²) < 4.78 is 94.1. The molecule has 6 rings (SSSR count). The highest BCUT2D eigenvalue weighted by atomic mass is 32.2. The fourth-order valence-corrected chi connectivity index (χ4v) is 13.7. The number of nitro benzene ring substituents is 6. The summed E-state index contributed by atoms with van der Waals surface area (Å²) in [6.07, 6.45) is 0. The minimum absolute atomic E-state index is 0.0130. The number of aliphatic carboxylic acids is 1. The molecule has 0 atom stereocenters. The van der Waals surface area contributed by atoms with E-state index in [1.165, 1.54) is 26.7 Å². The molecule has 0 fully saturated rings. The topological polar surface area (TPSA) is 433 Å². The number of carbonyl (C=O) groups is 1. The van der Waals surface area contributed by atoms with E-state index in [4.69, 9.17) is 4.74 Å². The van der Waals surface area contributed by atoms with Crippen molar-refractivity contribution in [2.24, 2.45) is 0 Å². The molecule has 0 amide bonds. The molecule has 6 aromatic carbocycles. The summed E-state index contributed by atoms with van der Waals surface area (Å²) >= 11 is 0. The molecule has 0 saturated heterocycles. The molecule has 2 N–H and O–H groups in total. The fraction of sp³-hybridized carbons (Fsp3) is 0.288. The first-order valence-corrected chi connectivity index (χ1v) is 30.1. The average molecular weight is 1270 g/mol. The number of benzene rings is 6. The standard InChI is InChI=1S/C46H42N10O21S3.C6H15N/c1-77-38-17-12-34(13-18-38)46(32-8-4-2-5-9-32,33-10-6-3-7-11-33)47-22-23-48(78(71,72)42-19-14-35(51(59)60)28-39(42)54(65)66)24-25-49(79(73,74)43-20-15-36(52(61)62)29-40(43)55(67)68)26-27-50(31-45(57)58)80(75,76)44-21-16-37(53(63)64)30-41(44)56(69)70;1-4-7(5-2)6-3/h2-21,28-30,47H,22-27,31H2,1H3,(H,57,58);4-6H2,1-3H3. The van der Waals surface area contributed by atoms with E-state index in [2.05, 4.69) is 31.0 Å². The number of hydrogen-bond donors (Lipinski definition) is 2. The van der Waals surface area contributed by atoms with Crippen LogP contribution in [0.3, 0.4) is 0 Å². The number of hydrogen-bond acceptors (Lipinski definition) is 22. The molecule has 0 aliphatic rings. The van der Waals surface area contributed by atoms with Gasteiger partial charge in [0.15, 0.2) is 14.7 Å². The van der Waals surface area contributed by atoms with Crippen LogP contribution in [0.15, 0.2) is 154 Å². The van der Waals surface area contributed by atoms with Gasteiger partial charge < -0.3 is 14.7 Å². The second-order valence-electron chi connectivity index (χ2n) is 18.3. The maximum atomic E-state index is 15.0. The van der Waals surface area contributed by atoms with E-state index in [0.717, 1.165) is 0 Å². The Kier molecular flexibility index (Phi) is 23.3. The monoisotopic (exact) mass is 1270 g/mol. The minimum Gasteiger partial charge on any atom is -0.497 e. The third-order valence-electron chi connectivity index (χ3n) is 13.4. The average Bonchev–Trinajstić information content (AvgIpc) is 1.12. The third kappa shape index (κ3) is 16.1. The molecule has 0 unspecified atom stereocenters. The van der Waals surface area contributed by atoms with Crippen LogP contribution in [0.2, 0.25) is 0 Å². The minimum atomic E-state index is -5.60. The van der Waals surface area contributed by atoms with Crippen LogP contribution in [0.1, 0.15) is 37.5 Å². The molecule has 0 heterocycles. The van der Waals surface area contributed by atoms with Gasteiger partial charge in [0.1, 0.15) is 12.3 Å². The van der Waals surface area contributed by atoms with Gasteiger partial charge in [-0.1, -0.05) is 93.6 Å². The van der Waals surface area contributed by atoms with Crippen LogP contribution in [-0.2, 0) is 40.4 Å². The number of carboxylic acid groups (broad SMARTS) is 1. The summed E-state index contributed by atoms with van der Waals surface area (Å²) in [5, 5.41) is 85.1. The van der Waals surface area contributed by atoms with Crippen LogP contribution in [0, 0.1) is 60.7 Å². The Morgan fingerprint density at radius 3 is 1.09 bits per heavy atom. The third-order valence-corrected chi connectivity index (χ3v) is 19.2. The van der Waals surface area contributed by atoms with Crippen LogP contribution in [0.25, 0.3) is 0 Å². The van der Waals surface area contributed by atoms with Gasteiger partial charge in [-0.15, -0.1) is 0 Å². The van der Waals surface area contributed by atoms with Crippen molar-refractivity contribution in [3.8, 4) is 5.75 Å². The first kappa shape index (κ1) is 68.4. The summed E-state index contributed by atoms with van der Waals surface area (Å²) in [6, 6.07) is 27.9. The largest absolute Gasteiger partial charge is 0.497 e. The van der Waals surface area contributed by atoms with Crippen molar-refractivity contribution in [2.75, 3.05) is 72.6 Å². The molecule has 0 spiro atoms. The van der Waals surface area contributed by atoms with Crippen LogP contribution in [-0.4, -0.2) is 156 Å². The van der Waals surface area contributed by atoms with Crippen molar-refractivity contribution >= 4 is 70.2 Å². The summed E-state index contributed by atoms with van der Waals surface area (Å²) in [4.78, 5) is 75.4. The molecule has 0 aromatic heterocycles. The molecule has 0 aliphatic heterocycles. The lowest BCUT2D eigenvalue weighted by atomic mass is 9.77. The Hall–Kier alpha value is -9.36. The number of non-ortho nitro benzene ring substituents is 3. The Morgan fingerprint density at radius 2 is 0.793 bits per heavy atom. The maximum Gasteiger partial charge on any atom is 0.318 e. The zero-order valence-electron chi connectivity index (χ0n) is 46.7. The van der Waals surface area contributed by atoms with Crippen molar-refractivity contribution in [1.82, 2.24) is 23.1 Å². The predicted octanol–water partition coefficient (Wildman–Crippen LogP) is 6.53. The second-order valence-corrected chi connectivity index (χ2v) is 24.0. The Labute approximate surface area is 496 Å². The van der Waals surface area contributed by atoms with Crippen LogP contribution >= 0.6 is 0 Å². The summed E-state index contributed by atoms with van der Waals surface area (Å²) in [5.41, 5.74) is -6.78. The van der Waals surface area contributed by atoms with E-state index in [0.29, 0.717) is 69.2 Å². The highest BCUT2D eigenvalue weighted by molar-refractivity contribution is 7.90. The summed E-state index contributed by atoms with van der Waals surface area (Å²) in [6.45, 7) is 2.22. The SMILES string of the molecule is CCN(CC)CC.COc1ccc(C(NCCN(CCN(CCN(CC(=O)O)S(=O)(=O)c2ccc([N+](=O)[O-])cc2[N+](=O)[O-])S(=O)(=O)c2ccc([N+](=O)[O-])cc2[N+](=O)[O-])S(=O)(=O)c2ccc([N+](=O)[O-])cc2[N+](=O)[O-])(c2ccccc2)c2ccccc2)cc1. The predicted molar refractivity (Wildman–Crippen MR) is 310 cm³/mol. The number of nitrogens with zero attached hydrogens (tertiary/aromatic N) is 10. The van der Waals surface area contributed by atoms with Crippen molar-refractivity contribution < 1.29 is 69.4 Å². The molecule has 87 heavy (non-hydrogen) atoms. The number of carboxylic acids is 1. The zero-order chi connectivity index (χ0) is 64.6. The summed E-state index contributed by atoms with van der Waals surface area (Å²) in [7, 11) is -15.1. The lowest BCUT2D eigenvalue weighted by Gasteiger charge is -2.38. The summed E-state index contributed by atoms with van der Waals surface area (Å²) in [5.74, 6) is -1.51. The normalized spacial score (nSPS) is 11.9. The number of ether oxygens (including phenoxy) is 1. The van der Waals surface area contributed by atoms with Gasteiger partial charge in [-0.3, -0.25) is 70.8 Å². The molecular formula is C52H57N11O21S3. The Balaban J connectivity index is 0.00000185. The molecule has 32 nitrogen and oxygen atoms in total. The van der Waals surface area contributed by atoms with E-state index in [9.17, 15) is 87.4 Å². The van der Waals surface area contributed by atoms with Crippen LogP contribution in [0.5, 0.6) is 5.75 Å². The fourth-order valence-electron chi connectivity index (χ4n) is 9.01. The van der Waals surface area contributed by atoms with E-state index >= 15 is 8.42 Å². The van der Waals surface area contributed by atoms with Gasteiger partial charge in [0.2, 0.25) is 30.1 Å². The van der Waals surface area contributed by atoms with Crippen molar-refractivity contribution in [2.45, 2.75) is 41.0 Å². The number of methoxy groups -OCH3 is 1. The lowest BCUT2D eigenvalue weighted by Crippen LogP contribution is -2.50. The first-order chi connectivity index (χ1) is 41.0. The molecule has 0 bridgehead atoms. The molecular weight excluding hydrogens is 1210 g/mol. The highest BCUT2D eigenvalue weighted by Gasteiger charge is 2.41. The first-order valence-electron chi connectivity index (χ1n) is 25.8. The Morgan fingerprint density at radius 1 is 0.471 bits per heavy atom. The number of sulfonamides is 3. The van der Waals surface area contributed by atoms with Gasteiger partial charge in [-0.05, 0) is 66.7 Å². The molecule has 6 aromatic rings. The smallest absolute Gasteiger partial charge is 0.318 e. The van der Waals surface area contributed by atoms with Gasteiger partial charge >= 0.3 is 5.97 Å².